The highest BCUT2D eigenvalue weighted by atomic mass is 16.5. The van der Waals surface area contributed by atoms with Gasteiger partial charge in [-0.25, -0.2) is 0 Å². The summed E-state index contributed by atoms with van der Waals surface area (Å²) < 4.78 is 5.39. The molecule has 3 nitrogen and oxygen atoms in total. The molecule has 1 aliphatic heterocycles. The second-order valence-corrected chi connectivity index (χ2v) is 4.44. The molecular formula is C11H20O3. The Morgan fingerprint density at radius 2 is 2.36 bits per heavy atom. The number of hydrogen-bond donors (Lipinski definition) is 1. The van der Waals surface area contributed by atoms with Crippen LogP contribution in [-0.2, 0) is 9.53 Å². The molecule has 3 unspecified atom stereocenters. The lowest BCUT2D eigenvalue weighted by Gasteiger charge is -2.29. The molecule has 0 spiro atoms. The zero-order chi connectivity index (χ0) is 10.8. The summed E-state index contributed by atoms with van der Waals surface area (Å²) in [6.45, 7) is 6.67. The number of ether oxygens (including phenoxy) is 1. The maximum Gasteiger partial charge on any atom is 0.312 e. The summed E-state index contributed by atoms with van der Waals surface area (Å²) in [7, 11) is 0. The van der Waals surface area contributed by atoms with E-state index in [-0.39, 0.29) is 6.10 Å². The normalized spacial score (nSPS) is 34.4. The first-order chi connectivity index (χ1) is 6.53. The number of aliphatic carboxylic acids is 1. The van der Waals surface area contributed by atoms with Crippen molar-refractivity contribution in [2.24, 2.45) is 11.3 Å². The molecule has 3 heteroatoms. The predicted octanol–water partition coefficient (Wildman–Crippen LogP) is 2.30. The van der Waals surface area contributed by atoms with Crippen molar-refractivity contribution in [3.63, 3.8) is 0 Å². The fourth-order valence-electron chi connectivity index (χ4n) is 2.18. The highest BCUT2D eigenvalue weighted by Crippen LogP contribution is 2.41. The zero-order valence-corrected chi connectivity index (χ0v) is 9.25. The van der Waals surface area contributed by atoms with Crippen LogP contribution >= 0.6 is 0 Å². The molecule has 0 aromatic carbocycles. The van der Waals surface area contributed by atoms with E-state index in [1.54, 1.807) is 0 Å². The molecule has 0 saturated carbocycles. The molecule has 0 aromatic rings. The van der Waals surface area contributed by atoms with E-state index in [1.165, 1.54) is 0 Å². The van der Waals surface area contributed by atoms with Crippen LogP contribution in [0.4, 0.5) is 0 Å². The Hall–Kier alpha value is -0.570. The Kier molecular flexibility index (Phi) is 3.53. The summed E-state index contributed by atoms with van der Waals surface area (Å²) in [5.41, 5.74) is -0.630. The third kappa shape index (κ3) is 1.92. The van der Waals surface area contributed by atoms with E-state index < -0.39 is 11.4 Å². The maximum absolute atomic E-state index is 11.3. The zero-order valence-electron chi connectivity index (χ0n) is 9.25. The van der Waals surface area contributed by atoms with Gasteiger partial charge in [-0.3, -0.25) is 4.79 Å². The number of carboxylic acid groups (broad SMARTS) is 1. The molecule has 0 amide bonds. The third-order valence-electron chi connectivity index (χ3n) is 3.53. The Labute approximate surface area is 85.5 Å². The largest absolute Gasteiger partial charge is 0.481 e. The SMILES string of the molecule is CCC(C)CC1(C(=O)O)CCOC1C. The summed E-state index contributed by atoms with van der Waals surface area (Å²) in [5.74, 6) is -0.238. The van der Waals surface area contributed by atoms with Crippen molar-refractivity contribution in [3.05, 3.63) is 0 Å². The lowest BCUT2D eigenvalue weighted by atomic mass is 9.74. The quantitative estimate of drug-likeness (QED) is 0.757. The van der Waals surface area contributed by atoms with E-state index in [4.69, 9.17) is 4.74 Å². The summed E-state index contributed by atoms with van der Waals surface area (Å²) in [4.78, 5) is 11.3. The van der Waals surface area contributed by atoms with Gasteiger partial charge in [-0.1, -0.05) is 20.3 Å². The molecule has 0 bridgehead atoms. The monoisotopic (exact) mass is 200 g/mol. The molecule has 0 aliphatic carbocycles. The summed E-state index contributed by atoms with van der Waals surface area (Å²) in [5, 5.41) is 9.30. The van der Waals surface area contributed by atoms with Gasteiger partial charge in [0.25, 0.3) is 0 Å². The number of carboxylic acids is 1. The molecule has 82 valence electrons. The van der Waals surface area contributed by atoms with Crippen LogP contribution in [0, 0.1) is 11.3 Å². The fourth-order valence-corrected chi connectivity index (χ4v) is 2.18. The van der Waals surface area contributed by atoms with Crippen molar-refractivity contribution < 1.29 is 14.6 Å². The van der Waals surface area contributed by atoms with Crippen LogP contribution in [-0.4, -0.2) is 23.8 Å². The standard InChI is InChI=1S/C11H20O3/c1-4-8(2)7-11(10(12)13)5-6-14-9(11)3/h8-9H,4-7H2,1-3H3,(H,12,13). The van der Waals surface area contributed by atoms with Crippen LogP contribution in [0.2, 0.25) is 0 Å². The van der Waals surface area contributed by atoms with Gasteiger partial charge in [0.15, 0.2) is 0 Å². The van der Waals surface area contributed by atoms with Crippen molar-refractivity contribution >= 4 is 5.97 Å². The second kappa shape index (κ2) is 4.30. The molecular weight excluding hydrogens is 180 g/mol. The van der Waals surface area contributed by atoms with Crippen LogP contribution in [0.25, 0.3) is 0 Å². The highest BCUT2D eigenvalue weighted by Gasteiger charge is 2.48. The van der Waals surface area contributed by atoms with Crippen LogP contribution in [0.3, 0.4) is 0 Å². The van der Waals surface area contributed by atoms with Crippen molar-refractivity contribution in [2.45, 2.75) is 46.1 Å². The lowest BCUT2D eigenvalue weighted by Crippen LogP contribution is -2.38. The van der Waals surface area contributed by atoms with Crippen molar-refractivity contribution in [1.29, 1.82) is 0 Å². The van der Waals surface area contributed by atoms with Crippen molar-refractivity contribution in [1.82, 2.24) is 0 Å². The Balaban J connectivity index is 2.77. The fraction of sp³-hybridized carbons (Fsp3) is 0.909. The predicted molar refractivity (Wildman–Crippen MR) is 54.2 cm³/mol. The second-order valence-electron chi connectivity index (χ2n) is 4.44. The maximum atomic E-state index is 11.3. The highest BCUT2D eigenvalue weighted by molar-refractivity contribution is 5.75. The molecule has 14 heavy (non-hydrogen) atoms. The molecule has 3 atom stereocenters. The van der Waals surface area contributed by atoms with E-state index in [0.29, 0.717) is 18.9 Å². The first-order valence-electron chi connectivity index (χ1n) is 5.38. The van der Waals surface area contributed by atoms with E-state index in [1.807, 2.05) is 6.92 Å². The van der Waals surface area contributed by atoms with Crippen LogP contribution in [0.5, 0.6) is 0 Å². The first kappa shape index (κ1) is 11.5. The van der Waals surface area contributed by atoms with Gasteiger partial charge < -0.3 is 9.84 Å². The van der Waals surface area contributed by atoms with Gasteiger partial charge >= 0.3 is 5.97 Å². The number of carbonyl (C=O) groups is 1. The molecule has 0 radical (unpaired) electrons. The molecule has 1 aliphatic rings. The topological polar surface area (TPSA) is 46.5 Å². The minimum Gasteiger partial charge on any atom is -0.481 e. The molecule has 1 rings (SSSR count). The summed E-state index contributed by atoms with van der Waals surface area (Å²) in [6.07, 6.45) is 2.28. The average Bonchev–Trinajstić information content (AvgIpc) is 2.49. The number of rotatable bonds is 4. The van der Waals surface area contributed by atoms with Gasteiger partial charge in [0, 0.05) is 6.61 Å². The van der Waals surface area contributed by atoms with Gasteiger partial charge in [-0.2, -0.15) is 0 Å². The Bertz CT molecular complexity index is 215. The van der Waals surface area contributed by atoms with Crippen molar-refractivity contribution in [3.8, 4) is 0 Å². The lowest BCUT2D eigenvalue weighted by molar-refractivity contribution is -0.153. The smallest absolute Gasteiger partial charge is 0.312 e. The van der Waals surface area contributed by atoms with Gasteiger partial charge in [-0.15, -0.1) is 0 Å². The third-order valence-corrected chi connectivity index (χ3v) is 3.53. The minimum absolute atomic E-state index is 0.144. The van der Waals surface area contributed by atoms with Crippen LogP contribution in [0.1, 0.15) is 40.0 Å². The molecule has 0 aromatic heterocycles. The van der Waals surface area contributed by atoms with Crippen LogP contribution in [0.15, 0.2) is 0 Å². The Morgan fingerprint density at radius 1 is 1.71 bits per heavy atom. The van der Waals surface area contributed by atoms with Gasteiger partial charge in [-0.05, 0) is 25.7 Å². The van der Waals surface area contributed by atoms with Gasteiger partial charge in [0.05, 0.1) is 11.5 Å². The first-order valence-corrected chi connectivity index (χ1v) is 5.38. The molecule has 1 fully saturated rings. The Morgan fingerprint density at radius 3 is 2.71 bits per heavy atom. The van der Waals surface area contributed by atoms with Gasteiger partial charge in [0.2, 0.25) is 0 Å². The number of hydrogen-bond acceptors (Lipinski definition) is 2. The molecule has 1 heterocycles. The van der Waals surface area contributed by atoms with Crippen LogP contribution < -0.4 is 0 Å². The van der Waals surface area contributed by atoms with E-state index in [9.17, 15) is 9.90 Å². The van der Waals surface area contributed by atoms with Crippen molar-refractivity contribution in [2.75, 3.05) is 6.61 Å². The summed E-state index contributed by atoms with van der Waals surface area (Å²) >= 11 is 0. The summed E-state index contributed by atoms with van der Waals surface area (Å²) in [6, 6.07) is 0. The van der Waals surface area contributed by atoms with E-state index in [0.717, 1.165) is 12.8 Å². The molecule has 1 N–H and O–H groups in total. The molecule has 1 saturated heterocycles. The van der Waals surface area contributed by atoms with E-state index in [2.05, 4.69) is 13.8 Å². The van der Waals surface area contributed by atoms with Gasteiger partial charge in [0.1, 0.15) is 0 Å². The van der Waals surface area contributed by atoms with E-state index >= 15 is 0 Å². The minimum atomic E-state index is -0.692. The average molecular weight is 200 g/mol.